The van der Waals surface area contributed by atoms with Gasteiger partial charge in [-0.1, -0.05) is 35.9 Å². The van der Waals surface area contributed by atoms with Crippen LogP contribution in [0.5, 0.6) is 5.75 Å². The number of aryl methyl sites for hydroxylation is 1. The first-order chi connectivity index (χ1) is 12.2. The molecule has 1 aliphatic heterocycles. The zero-order chi connectivity index (χ0) is 17.8. The molecule has 2 aromatic carbocycles. The molecule has 2 aromatic rings. The molecule has 1 heterocycles. The second-order valence-corrected chi connectivity index (χ2v) is 5.61. The van der Waals surface area contributed by atoms with Crippen molar-refractivity contribution in [2.45, 2.75) is 6.92 Å². The number of nitrogens with zero attached hydrogens (tertiary/aromatic N) is 3. The van der Waals surface area contributed by atoms with Crippen LogP contribution in [0.1, 0.15) is 11.1 Å². The van der Waals surface area contributed by atoms with E-state index in [1.807, 2.05) is 49.4 Å². The fourth-order valence-corrected chi connectivity index (χ4v) is 2.77. The third-order valence-electron chi connectivity index (χ3n) is 4.00. The number of amides is 1. The normalized spacial score (nSPS) is 12.4. The van der Waals surface area contributed by atoms with Crippen molar-refractivity contribution in [1.29, 1.82) is 10.5 Å². The molecule has 0 aliphatic carbocycles. The Morgan fingerprint density at radius 3 is 2.44 bits per heavy atom. The maximum Gasteiger partial charge on any atom is 0.261 e. The van der Waals surface area contributed by atoms with E-state index in [0.717, 1.165) is 11.3 Å². The van der Waals surface area contributed by atoms with E-state index in [1.54, 1.807) is 23.1 Å². The first-order valence-electron chi connectivity index (χ1n) is 7.81. The lowest BCUT2D eigenvalue weighted by atomic mass is 10.0. The lowest BCUT2D eigenvalue weighted by molar-refractivity contribution is -0.113. The molecule has 0 bridgehead atoms. The van der Waals surface area contributed by atoms with E-state index in [-0.39, 0.29) is 17.1 Å². The summed E-state index contributed by atoms with van der Waals surface area (Å²) in [5, 5.41) is 18.3. The van der Waals surface area contributed by atoms with Crippen molar-refractivity contribution in [3.05, 3.63) is 65.2 Å². The van der Waals surface area contributed by atoms with Crippen molar-refractivity contribution in [3.8, 4) is 17.9 Å². The molecular weight excluding hydrogens is 314 g/mol. The molecule has 0 N–H and O–H groups in total. The minimum Gasteiger partial charge on any atom is -0.492 e. The summed E-state index contributed by atoms with van der Waals surface area (Å²) in [4.78, 5) is 14.3. The van der Waals surface area contributed by atoms with Crippen LogP contribution in [-0.2, 0) is 4.79 Å². The Kier molecular flexibility index (Phi) is 4.50. The molecule has 0 spiro atoms. The molecule has 5 heteroatoms. The van der Waals surface area contributed by atoms with Gasteiger partial charge < -0.3 is 9.64 Å². The third kappa shape index (κ3) is 3.08. The SMILES string of the molecule is Cc1ccc(OCCN2C(=O)C(=C(C#N)C#N)c3ccccc32)cc1. The number of anilines is 1. The minimum atomic E-state index is -0.341. The molecular formula is C20H15N3O2. The highest BCUT2D eigenvalue weighted by molar-refractivity contribution is 6.34. The molecule has 0 atom stereocenters. The molecule has 5 nitrogen and oxygen atoms in total. The summed E-state index contributed by atoms with van der Waals surface area (Å²) in [6.45, 7) is 2.64. The molecule has 25 heavy (non-hydrogen) atoms. The Hall–Kier alpha value is -3.57. The van der Waals surface area contributed by atoms with Crippen LogP contribution in [0.25, 0.3) is 5.57 Å². The lowest BCUT2D eigenvalue weighted by Crippen LogP contribution is -2.31. The standard InChI is InChI=1S/C20H15N3O2/c1-14-6-8-16(9-7-14)25-11-10-23-18-5-3-2-4-17(18)19(20(23)24)15(12-21)13-22/h2-9H,10-11H2,1H3. The van der Waals surface area contributed by atoms with Gasteiger partial charge in [0.1, 0.15) is 30.1 Å². The maximum absolute atomic E-state index is 12.7. The van der Waals surface area contributed by atoms with E-state index in [2.05, 4.69) is 0 Å². The molecule has 0 saturated carbocycles. The van der Waals surface area contributed by atoms with E-state index >= 15 is 0 Å². The van der Waals surface area contributed by atoms with Crippen molar-refractivity contribution >= 4 is 17.2 Å². The molecule has 0 radical (unpaired) electrons. The second kappa shape index (κ2) is 6.90. The quantitative estimate of drug-likeness (QED) is 0.637. The summed E-state index contributed by atoms with van der Waals surface area (Å²) in [5.41, 5.74) is 2.44. The fraction of sp³-hybridized carbons (Fsp3) is 0.150. The predicted molar refractivity (Wildman–Crippen MR) is 93.6 cm³/mol. The molecule has 1 aliphatic rings. The van der Waals surface area contributed by atoms with E-state index < -0.39 is 0 Å². The average molecular weight is 329 g/mol. The Morgan fingerprint density at radius 2 is 1.76 bits per heavy atom. The Morgan fingerprint density at radius 1 is 1.08 bits per heavy atom. The molecule has 0 saturated heterocycles. The second-order valence-electron chi connectivity index (χ2n) is 5.61. The van der Waals surface area contributed by atoms with Crippen LogP contribution in [0.15, 0.2) is 54.1 Å². The zero-order valence-electron chi connectivity index (χ0n) is 13.7. The van der Waals surface area contributed by atoms with Crippen molar-refractivity contribution < 1.29 is 9.53 Å². The van der Waals surface area contributed by atoms with Gasteiger partial charge in [0.2, 0.25) is 0 Å². The van der Waals surface area contributed by atoms with Crippen molar-refractivity contribution in [3.63, 3.8) is 0 Å². The summed E-state index contributed by atoms with van der Waals surface area (Å²) in [6.07, 6.45) is 0. The number of fused-ring (bicyclic) bond motifs is 1. The van der Waals surface area contributed by atoms with Gasteiger partial charge in [0.05, 0.1) is 17.8 Å². The molecule has 0 aromatic heterocycles. The maximum atomic E-state index is 12.7. The summed E-state index contributed by atoms with van der Waals surface area (Å²) < 4.78 is 5.69. The Bertz CT molecular complexity index is 915. The largest absolute Gasteiger partial charge is 0.492 e. The van der Waals surface area contributed by atoms with Crippen molar-refractivity contribution in [1.82, 2.24) is 0 Å². The zero-order valence-corrected chi connectivity index (χ0v) is 13.7. The summed E-state index contributed by atoms with van der Waals surface area (Å²) in [7, 11) is 0. The first-order valence-corrected chi connectivity index (χ1v) is 7.81. The smallest absolute Gasteiger partial charge is 0.261 e. The van der Waals surface area contributed by atoms with Crippen LogP contribution in [0, 0.1) is 29.6 Å². The molecule has 3 rings (SSSR count). The molecule has 0 fully saturated rings. The van der Waals surface area contributed by atoms with Crippen LogP contribution in [0.4, 0.5) is 5.69 Å². The topological polar surface area (TPSA) is 77.1 Å². The van der Waals surface area contributed by atoms with Gasteiger partial charge in [-0.05, 0) is 25.1 Å². The lowest BCUT2D eigenvalue weighted by Gasteiger charge is -2.17. The van der Waals surface area contributed by atoms with Crippen LogP contribution < -0.4 is 9.64 Å². The number of hydrogen-bond donors (Lipinski definition) is 0. The average Bonchev–Trinajstić information content (AvgIpc) is 2.91. The third-order valence-corrected chi connectivity index (χ3v) is 4.00. The minimum absolute atomic E-state index is 0.163. The van der Waals surface area contributed by atoms with E-state index in [1.165, 1.54) is 0 Å². The Balaban J connectivity index is 1.82. The summed E-state index contributed by atoms with van der Waals surface area (Å²) >= 11 is 0. The van der Waals surface area contributed by atoms with Crippen molar-refractivity contribution in [2.24, 2.45) is 0 Å². The summed E-state index contributed by atoms with van der Waals surface area (Å²) in [5.74, 6) is 0.392. The molecule has 122 valence electrons. The van der Waals surface area contributed by atoms with Gasteiger partial charge in [0.25, 0.3) is 5.91 Å². The van der Waals surface area contributed by atoms with E-state index in [4.69, 9.17) is 15.3 Å². The van der Waals surface area contributed by atoms with Gasteiger partial charge in [0, 0.05) is 5.56 Å². The van der Waals surface area contributed by atoms with E-state index in [0.29, 0.717) is 24.4 Å². The van der Waals surface area contributed by atoms with Crippen LogP contribution in [-0.4, -0.2) is 19.1 Å². The highest BCUT2D eigenvalue weighted by Gasteiger charge is 2.34. The number of para-hydroxylation sites is 1. The van der Waals surface area contributed by atoms with E-state index in [9.17, 15) is 4.79 Å². The number of carbonyl (C=O) groups excluding carboxylic acids is 1. The van der Waals surface area contributed by atoms with Gasteiger partial charge in [0.15, 0.2) is 0 Å². The van der Waals surface area contributed by atoms with Gasteiger partial charge in [-0.25, -0.2) is 0 Å². The fourth-order valence-electron chi connectivity index (χ4n) is 2.77. The number of hydrogen-bond acceptors (Lipinski definition) is 4. The number of carbonyl (C=O) groups is 1. The van der Waals surface area contributed by atoms with Crippen LogP contribution in [0.3, 0.4) is 0 Å². The highest BCUT2D eigenvalue weighted by atomic mass is 16.5. The predicted octanol–water partition coefficient (Wildman–Crippen LogP) is 3.22. The molecule has 1 amide bonds. The number of nitriles is 2. The monoisotopic (exact) mass is 329 g/mol. The van der Waals surface area contributed by atoms with Gasteiger partial charge in [-0.3, -0.25) is 4.79 Å². The molecule has 0 unspecified atom stereocenters. The highest BCUT2D eigenvalue weighted by Crippen LogP contribution is 2.37. The van der Waals surface area contributed by atoms with Gasteiger partial charge in [-0.2, -0.15) is 10.5 Å². The van der Waals surface area contributed by atoms with Gasteiger partial charge in [-0.15, -0.1) is 0 Å². The van der Waals surface area contributed by atoms with Gasteiger partial charge >= 0.3 is 0 Å². The van der Waals surface area contributed by atoms with Crippen molar-refractivity contribution in [2.75, 3.05) is 18.1 Å². The van der Waals surface area contributed by atoms with Crippen LogP contribution >= 0.6 is 0 Å². The summed E-state index contributed by atoms with van der Waals surface area (Å²) in [6, 6.07) is 18.5. The number of allylic oxidation sites excluding steroid dienone is 1. The first kappa shape index (κ1) is 16.3. The van der Waals surface area contributed by atoms with Crippen LogP contribution in [0.2, 0.25) is 0 Å². The Labute approximate surface area is 146 Å². The number of benzene rings is 2. The number of rotatable bonds is 4. The number of ether oxygens (including phenoxy) is 1.